The Morgan fingerprint density at radius 1 is 1.50 bits per heavy atom. The number of thioether (sulfide) groups is 1. The van der Waals surface area contributed by atoms with E-state index >= 15 is 0 Å². The maximum Gasteiger partial charge on any atom is 0.0525 e. The maximum absolute atomic E-state index is 8.60. The van der Waals surface area contributed by atoms with Crippen LogP contribution in [0.1, 0.15) is 5.56 Å². The second kappa shape index (κ2) is 4.38. The topological polar surface area (TPSA) is 46.2 Å². The normalized spacial score (nSPS) is 10.2. The summed E-state index contributed by atoms with van der Waals surface area (Å²) in [6, 6.07) is 5.96. The number of hydrogen-bond donors (Lipinski definition) is 2. The summed E-state index contributed by atoms with van der Waals surface area (Å²) in [4.78, 5) is 1.12. The van der Waals surface area contributed by atoms with Crippen LogP contribution in [0.5, 0.6) is 0 Å². The molecule has 0 fully saturated rings. The summed E-state index contributed by atoms with van der Waals surface area (Å²) in [6.07, 6.45) is 0. The van der Waals surface area contributed by atoms with Gasteiger partial charge in [-0.2, -0.15) is 0 Å². The first-order valence-electron chi connectivity index (χ1n) is 3.84. The van der Waals surface area contributed by atoms with E-state index < -0.39 is 0 Å². The van der Waals surface area contributed by atoms with Gasteiger partial charge in [-0.3, -0.25) is 0 Å². The highest BCUT2D eigenvalue weighted by Crippen LogP contribution is 2.22. The summed E-state index contributed by atoms with van der Waals surface area (Å²) in [5, 5.41) is 8.60. The molecule has 0 aliphatic carbocycles. The highest BCUT2D eigenvalue weighted by Gasteiger charge is 1.96. The Balaban J connectivity index is 2.69. The SMILES string of the molecule is Cc1ccc(SCCO)cc1N. The summed E-state index contributed by atoms with van der Waals surface area (Å²) in [7, 11) is 0. The summed E-state index contributed by atoms with van der Waals surface area (Å²) in [6.45, 7) is 2.19. The zero-order valence-electron chi connectivity index (χ0n) is 7.08. The van der Waals surface area contributed by atoms with Gasteiger partial charge in [0, 0.05) is 16.3 Å². The number of aryl methyl sites for hydroxylation is 1. The van der Waals surface area contributed by atoms with Gasteiger partial charge in [-0.15, -0.1) is 11.8 Å². The van der Waals surface area contributed by atoms with Gasteiger partial charge in [-0.25, -0.2) is 0 Å². The second-order valence-electron chi connectivity index (χ2n) is 2.59. The molecule has 0 saturated heterocycles. The standard InChI is InChI=1S/C9H13NOS/c1-7-2-3-8(6-9(7)10)12-5-4-11/h2-3,6,11H,4-5,10H2,1H3. The van der Waals surface area contributed by atoms with E-state index in [0.29, 0.717) is 0 Å². The predicted molar refractivity (Wildman–Crippen MR) is 53.4 cm³/mol. The Bertz CT molecular complexity index is 263. The van der Waals surface area contributed by atoms with Crippen molar-refractivity contribution in [3.63, 3.8) is 0 Å². The number of aliphatic hydroxyl groups excluding tert-OH is 1. The van der Waals surface area contributed by atoms with Gasteiger partial charge < -0.3 is 10.8 Å². The highest BCUT2D eigenvalue weighted by atomic mass is 32.2. The average Bonchev–Trinajstić information content (AvgIpc) is 2.07. The van der Waals surface area contributed by atoms with Crippen LogP contribution < -0.4 is 5.73 Å². The monoisotopic (exact) mass is 183 g/mol. The van der Waals surface area contributed by atoms with Gasteiger partial charge in [0.25, 0.3) is 0 Å². The molecule has 3 heteroatoms. The lowest BCUT2D eigenvalue weighted by Crippen LogP contribution is -1.90. The number of nitrogen functional groups attached to an aromatic ring is 1. The molecule has 2 nitrogen and oxygen atoms in total. The third-order valence-corrected chi connectivity index (χ3v) is 2.58. The van der Waals surface area contributed by atoms with Crippen LogP contribution in [-0.4, -0.2) is 17.5 Å². The Morgan fingerprint density at radius 3 is 2.83 bits per heavy atom. The third kappa shape index (κ3) is 2.43. The molecule has 0 aliphatic heterocycles. The zero-order chi connectivity index (χ0) is 8.97. The maximum atomic E-state index is 8.60. The number of hydrogen-bond acceptors (Lipinski definition) is 3. The largest absolute Gasteiger partial charge is 0.398 e. The summed E-state index contributed by atoms with van der Waals surface area (Å²) >= 11 is 1.61. The first kappa shape index (κ1) is 9.42. The molecule has 0 aromatic heterocycles. The van der Waals surface area contributed by atoms with E-state index in [4.69, 9.17) is 10.8 Å². The fourth-order valence-electron chi connectivity index (χ4n) is 0.872. The summed E-state index contributed by atoms with van der Waals surface area (Å²) < 4.78 is 0. The molecule has 0 aliphatic rings. The Kier molecular flexibility index (Phi) is 3.44. The predicted octanol–water partition coefficient (Wildman–Crippen LogP) is 1.66. The molecule has 0 amide bonds. The molecular weight excluding hydrogens is 170 g/mol. The fraction of sp³-hybridized carbons (Fsp3) is 0.333. The lowest BCUT2D eigenvalue weighted by Gasteiger charge is -2.03. The van der Waals surface area contributed by atoms with Gasteiger partial charge in [0.05, 0.1) is 6.61 Å². The van der Waals surface area contributed by atoms with Crippen molar-refractivity contribution in [2.45, 2.75) is 11.8 Å². The molecular formula is C9H13NOS. The van der Waals surface area contributed by atoms with Crippen molar-refractivity contribution < 1.29 is 5.11 Å². The van der Waals surface area contributed by atoms with Crippen LogP contribution in [0.25, 0.3) is 0 Å². The van der Waals surface area contributed by atoms with Gasteiger partial charge in [-0.1, -0.05) is 6.07 Å². The molecule has 1 aromatic carbocycles. The molecule has 0 saturated carbocycles. The molecule has 0 spiro atoms. The summed E-state index contributed by atoms with van der Waals surface area (Å²) in [5.74, 6) is 0.725. The van der Waals surface area contributed by atoms with Crippen molar-refractivity contribution in [2.24, 2.45) is 0 Å². The zero-order valence-corrected chi connectivity index (χ0v) is 7.90. The minimum Gasteiger partial charge on any atom is -0.398 e. The van der Waals surface area contributed by atoms with Crippen molar-refractivity contribution >= 4 is 17.4 Å². The minimum atomic E-state index is 0.207. The lowest BCUT2D eigenvalue weighted by atomic mass is 10.2. The number of anilines is 1. The van der Waals surface area contributed by atoms with Gasteiger partial charge in [-0.05, 0) is 24.6 Å². The molecule has 3 N–H and O–H groups in total. The number of rotatable bonds is 3. The van der Waals surface area contributed by atoms with Crippen molar-refractivity contribution in [3.05, 3.63) is 23.8 Å². The van der Waals surface area contributed by atoms with Crippen LogP contribution >= 0.6 is 11.8 Å². The van der Waals surface area contributed by atoms with Crippen molar-refractivity contribution in [2.75, 3.05) is 18.1 Å². The van der Waals surface area contributed by atoms with E-state index in [2.05, 4.69) is 0 Å². The van der Waals surface area contributed by atoms with Crippen molar-refractivity contribution in [3.8, 4) is 0 Å². The van der Waals surface area contributed by atoms with E-state index in [1.54, 1.807) is 11.8 Å². The van der Waals surface area contributed by atoms with Crippen LogP contribution in [0.15, 0.2) is 23.1 Å². The van der Waals surface area contributed by atoms with Crippen LogP contribution in [-0.2, 0) is 0 Å². The average molecular weight is 183 g/mol. The molecule has 0 atom stereocenters. The molecule has 0 radical (unpaired) electrons. The molecule has 1 aromatic rings. The first-order valence-corrected chi connectivity index (χ1v) is 4.82. The van der Waals surface area contributed by atoms with E-state index in [-0.39, 0.29) is 6.61 Å². The summed E-state index contributed by atoms with van der Waals surface area (Å²) in [5.41, 5.74) is 7.63. The molecule has 12 heavy (non-hydrogen) atoms. The van der Waals surface area contributed by atoms with Crippen molar-refractivity contribution in [1.82, 2.24) is 0 Å². The van der Waals surface area contributed by atoms with E-state index in [1.807, 2.05) is 25.1 Å². The quantitative estimate of drug-likeness (QED) is 0.553. The molecule has 66 valence electrons. The third-order valence-electron chi connectivity index (χ3n) is 1.61. The van der Waals surface area contributed by atoms with Gasteiger partial charge in [0.2, 0.25) is 0 Å². The van der Waals surface area contributed by atoms with Crippen molar-refractivity contribution in [1.29, 1.82) is 0 Å². The minimum absolute atomic E-state index is 0.207. The Labute approximate surface area is 76.8 Å². The number of benzene rings is 1. The first-order chi connectivity index (χ1) is 5.74. The van der Waals surface area contributed by atoms with Crippen LogP contribution in [0, 0.1) is 6.92 Å². The Hall–Kier alpha value is -0.670. The highest BCUT2D eigenvalue weighted by molar-refractivity contribution is 7.99. The van der Waals surface area contributed by atoms with E-state index in [9.17, 15) is 0 Å². The van der Waals surface area contributed by atoms with Crippen LogP contribution in [0.2, 0.25) is 0 Å². The fourth-order valence-corrected chi connectivity index (χ4v) is 1.57. The van der Waals surface area contributed by atoms with E-state index in [0.717, 1.165) is 21.9 Å². The van der Waals surface area contributed by atoms with Gasteiger partial charge >= 0.3 is 0 Å². The van der Waals surface area contributed by atoms with Crippen LogP contribution in [0.4, 0.5) is 5.69 Å². The van der Waals surface area contributed by atoms with Crippen LogP contribution in [0.3, 0.4) is 0 Å². The Morgan fingerprint density at radius 2 is 2.25 bits per heavy atom. The lowest BCUT2D eigenvalue weighted by molar-refractivity contribution is 0.322. The number of aliphatic hydroxyl groups is 1. The van der Waals surface area contributed by atoms with E-state index in [1.165, 1.54) is 0 Å². The van der Waals surface area contributed by atoms with Gasteiger partial charge in [0.1, 0.15) is 0 Å². The smallest absolute Gasteiger partial charge is 0.0525 e. The molecule has 0 unspecified atom stereocenters. The molecule has 1 rings (SSSR count). The number of nitrogens with two attached hydrogens (primary N) is 1. The molecule has 0 heterocycles. The van der Waals surface area contributed by atoms with Gasteiger partial charge in [0.15, 0.2) is 0 Å². The molecule has 0 bridgehead atoms. The second-order valence-corrected chi connectivity index (χ2v) is 3.76.